The predicted molar refractivity (Wildman–Crippen MR) is 188 cm³/mol. The molecule has 6 rings (SSSR count). The van der Waals surface area contributed by atoms with Crippen molar-refractivity contribution in [2.45, 2.75) is 25.3 Å². The van der Waals surface area contributed by atoms with Crippen molar-refractivity contribution in [3.05, 3.63) is 138 Å². The Hall–Kier alpha value is -4.66. The molecule has 2 heterocycles. The maximum Gasteiger partial charge on any atom is 0.238 e. The average Bonchev–Trinajstić information content (AvgIpc) is 3.08. The van der Waals surface area contributed by atoms with E-state index in [2.05, 4.69) is 35.4 Å². The number of allylic oxidation sites excluding steroid dienone is 5. The Bertz CT molecular complexity index is 1920. The molecule has 6 nitrogen and oxygen atoms in total. The van der Waals surface area contributed by atoms with Crippen molar-refractivity contribution in [1.82, 2.24) is 4.98 Å². The smallest absolute Gasteiger partial charge is 0.238 e. The SMILES string of the molecule is N=C(SC(=N)c1cccc(-c2ccccc2)n1)c1ccc2ccc(C(=N)SC(=[NH2+])C3CC=CC(C4=CCCC=C4)=N3)cc2c1. The summed E-state index contributed by atoms with van der Waals surface area (Å²) in [4.78, 5) is 9.54. The second kappa shape index (κ2) is 13.3. The van der Waals surface area contributed by atoms with Gasteiger partial charge in [0.05, 0.1) is 17.1 Å². The molecular formula is C36H31N6S2+. The van der Waals surface area contributed by atoms with Crippen LogP contribution in [-0.4, -0.2) is 36.9 Å². The van der Waals surface area contributed by atoms with Crippen molar-refractivity contribution < 1.29 is 5.41 Å². The molecule has 0 saturated carbocycles. The van der Waals surface area contributed by atoms with Crippen molar-refractivity contribution in [2.75, 3.05) is 0 Å². The van der Waals surface area contributed by atoms with Gasteiger partial charge in [0.2, 0.25) is 5.04 Å². The minimum absolute atomic E-state index is 0.181. The molecule has 1 aliphatic carbocycles. The number of aliphatic imine (C=N–C) groups is 1. The summed E-state index contributed by atoms with van der Waals surface area (Å²) in [6, 6.07) is 27.0. The van der Waals surface area contributed by atoms with Crippen LogP contribution in [0.15, 0.2) is 126 Å². The number of hydrogen-bond donors (Lipinski definition) is 4. The zero-order valence-electron chi connectivity index (χ0n) is 24.0. The Morgan fingerprint density at radius 2 is 1.48 bits per heavy atom. The number of hydrogen-bond acceptors (Lipinski definition) is 7. The van der Waals surface area contributed by atoms with Gasteiger partial charge in [-0.05, 0) is 89.5 Å². The third-order valence-corrected chi connectivity index (χ3v) is 9.19. The van der Waals surface area contributed by atoms with E-state index in [1.807, 2.05) is 78.9 Å². The lowest BCUT2D eigenvalue weighted by atomic mass is 9.99. The highest BCUT2D eigenvalue weighted by atomic mass is 32.2. The quantitative estimate of drug-likeness (QED) is 0.136. The molecule has 0 saturated heterocycles. The summed E-state index contributed by atoms with van der Waals surface area (Å²) < 4.78 is 0. The Labute approximate surface area is 265 Å². The molecule has 0 spiro atoms. The third-order valence-electron chi connectivity index (χ3n) is 7.39. The van der Waals surface area contributed by atoms with Gasteiger partial charge >= 0.3 is 0 Å². The molecule has 1 aliphatic heterocycles. The lowest BCUT2D eigenvalue weighted by Gasteiger charge is -2.16. The molecule has 1 aromatic heterocycles. The molecule has 1 unspecified atom stereocenters. The number of benzene rings is 3. The second-order valence-electron chi connectivity index (χ2n) is 10.5. The van der Waals surface area contributed by atoms with E-state index in [1.54, 1.807) is 6.07 Å². The summed E-state index contributed by atoms with van der Waals surface area (Å²) in [6.45, 7) is 0. The highest BCUT2D eigenvalue weighted by molar-refractivity contribution is 8.27. The van der Waals surface area contributed by atoms with Gasteiger partial charge < -0.3 is 0 Å². The first kappa shape index (κ1) is 29.4. The van der Waals surface area contributed by atoms with Crippen LogP contribution >= 0.6 is 23.5 Å². The van der Waals surface area contributed by atoms with E-state index in [0.717, 1.165) is 63.5 Å². The molecule has 1 atom stereocenters. The van der Waals surface area contributed by atoms with Gasteiger partial charge in [0, 0.05) is 16.7 Å². The van der Waals surface area contributed by atoms with Crippen LogP contribution in [0.2, 0.25) is 0 Å². The molecular weight excluding hydrogens is 581 g/mol. The van der Waals surface area contributed by atoms with E-state index in [9.17, 15) is 0 Å². The molecule has 8 heteroatoms. The lowest BCUT2D eigenvalue weighted by Crippen LogP contribution is -2.45. The Balaban J connectivity index is 1.14. The zero-order valence-corrected chi connectivity index (χ0v) is 25.6. The molecule has 4 aromatic rings. The van der Waals surface area contributed by atoms with Gasteiger partial charge in [0.15, 0.2) is 0 Å². The third kappa shape index (κ3) is 6.77. The highest BCUT2D eigenvalue weighted by Crippen LogP contribution is 2.27. The maximum absolute atomic E-state index is 8.80. The molecule has 3 aromatic carbocycles. The summed E-state index contributed by atoms with van der Waals surface area (Å²) in [6.07, 6.45) is 13.5. The van der Waals surface area contributed by atoms with Gasteiger partial charge in [0.1, 0.15) is 21.2 Å². The number of nitrogens with one attached hydrogen (secondary N) is 3. The molecule has 0 bridgehead atoms. The van der Waals surface area contributed by atoms with Crippen LogP contribution < -0.4 is 5.41 Å². The molecule has 0 amide bonds. The van der Waals surface area contributed by atoms with E-state index in [0.29, 0.717) is 27.8 Å². The number of nitrogens with two attached hydrogens (primary N) is 1. The summed E-state index contributed by atoms with van der Waals surface area (Å²) in [5.74, 6) is 0. The predicted octanol–water partition coefficient (Wildman–Crippen LogP) is 7.25. The molecule has 216 valence electrons. The number of thioether (sulfide) groups is 2. The number of aromatic nitrogens is 1. The molecule has 0 fully saturated rings. The lowest BCUT2D eigenvalue weighted by molar-refractivity contribution is -0.111. The van der Waals surface area contributed by atoms with Gasteiger partial charge in [-0.2, -0.15) is 0 Å². The number of fused-ring (bicyclic) bond motifs is 1. The van der Waals surface area contributed by atoms with Gasteiger partial charge in [-0.25, -0.2) is 4.98 Å². The largest absolute Gasteiger partial charge is 0.293 e. The Morgan fingerprint density at radius 1 is 0.727 bits per heavy atom. The van der Waals surface area contributed by atoms with E-state index in [-0.39, 0.29) is 16.1 Å². The van der Waals surface area contributed by atoms with Crippen molar-refractivity contribution >= 4 is 60.2 Å². The minimum atomic E-state index is -0.181. The first-order valence-corrected chi connectivity index (χ1v) is 16.0. The zero-order chi connectivity index (χ0) is 30.5. The van der Waals surface area contributed by atoms with Gasteiger partial charge in [0.25, 0.3) is 0 Å². The summed E-state index contributed by atoms with van der Waals surface area (Å²) >= 11 is 2.33. The van der Waals surface area contributed by atoms with E-state index >= 15 is 0 Å². The fourth-order valence-electron chi connectivity index (χ4n) is 5.04. The van der Waals surface area contributed by atoms with Gasteiger partial charge in [-0.15, -0.1) is 0 Å². The van der Waals surface area contributed by atoms with Crippen LogP contribution in [0.25, 0.3) is 22.0 Å². The van der Waals surface area contributed by atoms with Crippen molar-refractivity contribution in [3.63, 3.8) is 0 Å². The summed E-state index contributed by atoms with van der Waals surface area (Å²) in [5.41, 5.74) is 5.84. The van der Waals surface area contributed by atoms with Crippen molar-refractivity contribution in [2.24, 2.45) is 4.99 Å². The van der Waals surface area contributed by atoms with Crippen LogP contribution in [-0.2, 0) is 0 Å². The first-order chi connectivity index (χ1) is 21.4. The average molecular weight is 612 g/mol. The van der Waals surface area contributed by atoms with Crippen LogP contribution in [0, 0.1) is 16.2 Å². The van der Waals surface area contributed by atoms with E-state index < -0.39 is 0 Å². The fraction of sp³-hybridized carbons (Fsp3) is 0.111. The van der Waals surface area contributed by atoms with Crippen LogP contribution in [0.3, 0.4) is 0 Å². The monoisotopic (exact) mass is 611 g/mol. The highest BCUT2D eigenvalue weighted by Gasteiger charge is 2.24. The summed E-state index contributed by atoms with van der Waals surface area (Å²) in [5, 5.41) is 36.0. The molecule has 5 N–H and O–H groups in total. The summed E-state index contributed by atoms with van der Waals surface area (Å²) in [7, 11) is 0. The van der Waals surface area contributed by atoms with Crippen LogP contribution in [0.5, 0.6) is 0 Å². The number of nitrogens with zero attached hydrogens (tertiary/aromatic N) is 2. The van der Waals surface area contributed by atoms with E-state index in [1.165, 1.54) is 11.8 Å². The molecule has 44 heavy (non-hydrogen) atoms. The molecule has 0 radical (unpaired) electrons. The van der Waals surface area contributed by atoms with Crippen molar-refractivity contribution in [3.8, 4) is 11.3 Å². The van der Waals surface area contributed by atoms with Gasteiger partial charge in [-0.3, -0.25) is 26.6 Å². The standard InChI is InChI=1S/C36H30N6S2/c37-33(43-35(39)31-15-7-13-29(41-31)24-9-3-1-4-10-24)26-19-17-23-18-20-27(22-28(23)21-26)34(38)44-36(40)32-16-8-14-30(42-32)25-11-5-2-6-12-25/h1,3-5,7-15,17-22,32,37-40H,2,6,16H2/p+1. The van der Waals surface area contributed by atoms with Crippen LogP contribution in [0.1, 0.15) is 36.1 Å². The maximum atomic E-state index is 8.80. The number of dihydropyridines is 1. The van der Waals surface area contributed by atoms with E-state index in [4.69, 9.17) is 26.6 Å². The second-order valence-corrected chi connectivity index (χ2v) is 12.6. The number of pyridine rings is 1. The first-order valence-electron chi connectivity index (χ1n) is 14.4. The van der Waals surface area contributed by atoms with Crippen LogP contribution in [0.4, 0.5) is 0 Å². The normalized spacial score (nSPS) is 15.9. The fourth-order valence-corrected chi connectivity index (χ4v) is 6.48. The van der Waals surface area contributed by atoms with Crippen molar-refractivity contribution in [1.29, 1.82) is 16.2 Å². The minimum Gasteiger partial charge on any atom is -0.293 e. The number of rotatable bonds is 6. The Kier molecular flexibility index (Phi) is 8.91. The topological polar surface area (TPSA) is 122 Å². The molecule has 2 aliphatic rings. The van der Waals surface area contributed by atoms with Gasteiger partial charge in [-0.1, -0.05) is 85.0 Å². The Morgan fingerprint density at radius 3 is 2.20 bits per heavy atom.